The zero-order chi connectivity index (χ0) is 22.6. The lowest BCUT2D eigenvalue weighted by molar-refractivity contribution is 0.370. The molecule has 1 aliphatic heterocycles. The molecule has 0 unspecified atom stereocenters. The number of nitrogens with one attached hydrogen (secondary N) is 2. The second-order valence-electron chi connectivity index (χ2n) is 7.96. The van der Waals surface area contributed by atoms with Crippen molar-refractivity contribution in [2.75, 3.05) is 25.5 Å². The van der Waals surface area contributed by atoms with Crippen molar-refractivity contribution in [1.82, 2.24) is 24.8 Å². The van der Waals surface area contributed by atoms with Crippen molar-refractivity contribution < 1.29 is 9.13 Å². The SMILES string of the molecule is COc1ccc(Nc2nccc(-c3c(-c4ccc(F)cc4)ncn3C3CCNCC3)n2)cc1. The van der Waals surface area contributed by atoms with E-state index < -0.39 is 0 Å². The fourth-order valence-electron chi connectivity index (χ4n) is 4.15. The Morgan fingerprint density at radius 3 is 2.48 bits per heavy atom. The Kier molecular flexibility index (Phi) is 5.99. The largest absolute Gasteiger partial charge is 0.497 e. The predicted molar refractivity (Wildman–Crippen MR) is 126 cm³/mol. The number of aromatic nitrogens is 4. The first-order valence-corrected chi connectivity index (χ1v) is 11.0. The minimum atomic E-state index is -0.272. The van der Waals surface area contributed by atoms with Crippen LogP contribution in [0.2, 0.25) is 0 Å². The van der Waals surface area contributed by atoms with Crippen molar-refractivity contribution >= 4 is 11.6 Å². The summed E-state index contributed by atoms with van der Waals surface area (Å²) in [7, 11) is 1.64. The second-order valence-corrected chi connectivity index (χ2v) is 7.96. The summed E-state index contributed by atoms with van der Waals surface area (Å²) in [6.07, 6.45) is 5.63. The van der Waals surface area contributed by atoms with Gasteiger partial charge in [-0.25, -0.2) is 19.3 Å². The highest BCUT2D eigenvalue weighted by Crippen LogP contribution is 2.35. The van der Waals surface area contributed by atoms with Gasteiger partial charge in [0, 0.05) is 23.5 Å². The summed E-state index contributed by atoms with van der Waals surface area (Å²) in [6, 6.07) is 16.2. The molecule has 0 amide bonds. The summed E-state index contributed by atoms with van der Waals surface area (Å²) in [5.41, 5.74) is 4.16. The van der Waals surface area contributed by atoms with Crippen LogP contribution in [0.25, 0.3) is 22.6 Å². The fraction of sp³-hybridized carbons (Fsp3) is 0.240. The molecule has 3 heterocycles. The van der Waals surface area contributed by atoms with Gasteiger partial charge in [-0.2, -0.15) is 0 Å². The molecule has 7 nitrogen and oxygen atoms in total. The number of ether oxygens (including phenoxy) is 1. The van der Waals surface area contributed by atoms with Gasteiger partial charge in [0.1, 0.15) is 11.6 Å². The Morgan fingerprint density at radius 2 is 1.76 bits per heavy atom. The molecule has 2 aromatic heterocycles. The monoisotopic (exact) mass is 444 g/mol. The van der Waals surface area contributed by atoms with Gasteiger partial charge in [-0.3, -0.25) is 0 Å². The van der Waals surface area contributed by atoms with Gasteiger partial charge in [0.15, 0.2) is 0 Å². The average Bonchev–Trinajstić information content (AvgIpc) is 3.31. The number of hydrogen-bond acceptors (Lipinski definition) is 6. The molecule has 0 saturated carbocycles. The van der Waals surface area contributed by atoms with Crippen LogP contribution in [0.1, 0.15) is 18.9 Å². The highest BCUT2D eigenvalue weighted by molar-refractivity contribution is 5.77. The van der Waals surface area contributed by atoms with Crippen LogP contribution >= 0.6 is 0 Å². The lowest BCUT2D eigenvalue weighted by Gasteiger charge is -2.25. The van der Waals surface area contributed by atoms with E-state index in [9.17, 15) is 4.39 Å². The van der Waals surface area contributed by atoms with E-state index in [0.29, 0.717) is 12.0 Å². The smallest absolute Gasteiger partial charge is 0.227 e. The van der Waals surface area contributed by atoms with E-state index in [1.807, 2.05) is 36.7 Å². The molecule has 168 valence electrons. The average molecular weight is 445 g/mol. The molecule has 0 radical (unpaired) electrons. The number of methoxy groups -OCH3 is 1. The lowest BCUT2D eigenvalue weighted by atomic mass is 10.0. The van der Waals surface area contributed by atoms with E-state index in [0.717, 1.165) is 60.0 Å². The number of benzene rings is 2. The third kappa shape index (κ3) is 4.56. The predicted octanol–water partition coefficient (Wildman–Crippen LogP) is 4.82. The van der Waals surface area contributed by atoms with Gasteiger partial charge in [0.25, 0.3) is 0 Å². The van der Waals surface area contributed by atoms with Crippen LogP contribution in [0.15, 0.2) is 67.1 Å². The van der Waals surface area contributed by atoms with E-state index in [-0.39, 0.29) is 5.82 Å². The minimum Gasteiger partial charge on any atom is -0.497 e. The van der Waals surface area contributed by atoms with Crippen LogP contribution in [-0.4, -0.2) is 39.7 Å². The van der Waals surface area contributed by atoms with Crippen molar-refractivity contribution in [3.05, 3.63) is 72.9 Å². The molecule has 1 saturated heterocycles. The molecule has 1 aliphatic rings. The van der Waals surface area contributed by atoms with E-state index >= 15 is 0 Å². The van der Waals surface area contributed by atoms with Crippen LogP contribution in [0, 0.1) is 5.82 Å². The number of piperidine rings is 1. The first kappa shape index (κ1) is 21.1. The molecule has 2 aromatic carbocycles. The maximum atomic E-state index is 13.6. The van der Waals surface area contributed by atoms with Crippen molar-refractivity contribution in [2.24, 2.45) is 0 Å². The summed E-state index contributed by atoms with van der Waals surface area (Å²) in [5, 5.41) is 6.67. The Bertz CT molecular complexity index is 1220. The Labute approximate surface area is 191 Å². The van der Waals surface area contributed by atoms with Crippen molar-refractivity contribution in [2.45, 2.75) is 18.9 Å². The quantitative estimate of drug-likeness (QED) is 0.444. The number of hydrogen-bond donors (Lipinski definition) is 2. The molecule has 33 heavy (non-hydrogen) atoms. The number of halogens is 1. The summed E-state index contributed by atoms with van der Waals surface area (Å²) in [5.74, 6) is 0.997. The molecule has 4 aromatic rings. The zero-order valence-electron chi connectivity index (χ0n) is 18.3. The van der Waals surface area contributed by atoms with Crippen LogP contribution in [0.3, 0.4) is 0 Å². The topological polar surface area (TPSA) is 76.9 Å². The van der Waals surface area contributed by atoms with Gasteiger partial charge in [0.2, 0.25) is 5.95 Å². The highest BCUT2D eigenvalue weighted by atomic mass is 19.1. The van der Waals surface area contributed by atoms with Crippen LogP contribution in [0.4, 0.5) is 16.0 Å². The van der Waals surface area contributed by atoms with Gasteiger partial charge in [0.05, 0.1) is 30.5 Å². The number of anilines is 2. The van der Waals surface area contributed by atoms with E-state index in [1.54, 1.807) is 25.4 Å². The number of imidazole rings is 1. The van der Waals surface area contributed by atoms with Crippen molar-refractivity contribution in [1.29, 1.82) is 0 Å². The molecule has 0 aliphatic carbocycles. The maximum Gasteiger partial charge on any atom is 0.227 e. The van der Waals surface area contributed by atoms with Crippen LogP contribution < -0.4 is 15.4 Å². The Balaban J connectivity index is 1.54. The highest BCUT2D eigenvalue weighted by Gasteiger charge is 2.23. The molecule has 0 spiro atoms. The third-order valence-electron chi connectivity index (χ3n) is 5.86. The van der Waals surface area contributed by atoms with Gasteiger partial charge >= 0.3 is 0 Å². The van der Waals surface area contributed by atoms with Crippen LogP contribution in [-0.2, 0) is 0 Å². The summed E-state index contributed by atoms with van der Waals surface area (Å²) in [4.78, 5) is 13.9. The van der Waals surface area contributed by atoms with Gasteiger partial charge in [-0.1, -0.05) is 0 Å². The minimum absolute atomic E-state index is 0.272. The molecule has 5 rings (SSSR count). The van der Waals surface area contributed by atoms with Gasteiger partial charge < -0.3 is 19.9 Å². The first-order chi connectivity index (χ1) is 16.2. The first-order valence-electron chi connectivity index (χ1n) is 11.0. The Morgan fingerprint density at radius 1 is 1.00 bits per heavy atom. The van der Waals surface area contributed by atoms with E-state index in [1.165, 1.54) is 12.1 Å². The van der Waals surface area contributed by atoms with E-state index in [2.05, 4.69) is 20.2 Å². The fourth-order valence-corrected chi connectivity index (χ4v) is 4.15. The normalized spacial score (nSPS) is 14.2. The molecule has 8 heteroatoms. The van der Waals surface area contributed by atoms with Crippen molar-refractivity contribution in [3.63, 3.8) is 0 Å². The van der Waals surface area contributed by atoms with Crippen molar-refractivity contribution in [3.8, 4) is 28.4 Å². The Hall–Kier alpha value is -3.78. The third-order valence-corrected chi connectivity index (χ3v) is 5.86. The number of rotatable bonds is 6. The van der Waals surface area contributed by atoms with Gasteiger partial charge in [-0.05, 0) is 80.5 Å². The molecule has 2 N–H and O–H groups in total. The summed E-state index contributed by atoms with van der Waals surface area (Å²) in [6.45, 7) is 1.92. The molecular weight excluding hydrogens is 419 g/mol. The zero-order valence-corrected chi connectivity index (χ0v) is 18.3. The standard InChI is InChI=1S/C25H25FN6O/c1-33-21-8-6-19(7-9-21)30-25-28-15-12-22(31-25)24-23(17-2-4-18(26)5-3-17)29-16-32(24)20-10-13-27-14-11-20/h2-9,12,15-16,20,27H,10-11,13-14H2,1H3,(H,28,30,31). The van der Waals surface area contributed by atoms with E-state index in [4.69, 9.17) is 14.7 Å². The molecule has 1 fully saturated rings. The lowest BCUT2D eigenvalue weighted by Crippen LogP contribution is -2.29. The maximum absolute atomic E-state index is 13.6. The molecule has 0 bridgehead atoms. The second kappa shape index (κ2) is 9.38. The van der Waals surface area contributed by atoms with Crippen LogP contribution in [0.5, 0.6) is 5.75 Å². The number of nitrogens with zero attached hydrogens (tertiary/aromatic N) is 4. The molecule has 0 atom stereocenters. The summed E-state index contributed by atoms with van der Waals surface area (Å²) >= 11 is 0. The molecular formula is C25H25FN6O. The summed E-state index contributed by atoms with van der Waals surface area (Å²) < 4.78 is 21.0. The van der Waals surface area contributed by atoms with Gasteiger partial charge in [-0.15, -0.1) is 0 Å².